The van der Waals surface area contributed by atoms with E-state index < -0.39 is 9.84 Å². The summed E-state index contributed by atoms with van der Waals surface area (Å²) in [6, 6.07) is 0.391. The van der Waals surface area contributed by atoms with Crippen LogP contribution in [0, 0.1) is 5.92 Å². The lowest BCUT2D eigenvalue weighted by molar-refractivity contribution is 0.391. The summed E-state index contributed by atoms with van der Waals surface area (Å²) < 4.78 is 21.8. The van der Waals surface area contributed by atoms with Gasteiger partial charge in [-0.15, -0.1) is 11.6 Å². The molecule has 0 saturated carbocycles. The lowest BCUT2D eigenvalue weighted by Crippen LogP contribution is -2.35. The van der Waals surface area contributed by atoms with Gasteiger partial charge in [0, 0.05) is 18.2 Å². The summed E-state index contributed by atoms with van der Waals surface area (Å²) in [4.78, 5) is 0. The van der Waals surface area contributed by atoms with Crippen molar-refractivity contribution in [3.8, 4) is 0 Å². The molecule has 0 aromatic rings. The van der Waals surface area contributed by atoms with E-state index in [-0.39, 0.29) is 5.75 Å². The minimum atomic E-state index is -2.82. The summed E-state index contributed by atoms with van der Waals surface area (Å²) in [5, 5.41) is 3.34. The van der Waals surface area contributed by atoms with Gasteiger partial charge in [-0.1, -0.05) is 13.8 Å². The topological polar surface area (TPSA) is 46.2 Å². The van der Waals surface area contributed by atoms with Gasteiger partial charge in [0.15, 0.2) is 0 Å². The van der Waals surface area contributed by atoms with Crippen LogP contribution in [-0.4, -0.2) is 38.9 Å². The van der Waals surface area contributed by atoms with Crippen LogP contribution in [0.2, 0.25) is 0 Å². The van der Waals surface area contributed by atoms with E-state index >= 15 is 0 Å². The van der Waals surface area contributed by atoms with E-state index in [0.29, 0.717) is 24.3 Å². The van der Waals surface area contributed by atoms with Gasteiger partial charge in [-0.3, -0.25) is 0 Å². The monoisotopic (exact) mass is 255 g/mol. The minimum Gasteiger partial charge on any atom is -0.314 e. The SMILES string of the molecule is CC(C)C(CCCl)NCCCS(C)(=O)=O. The van der Waals surface area contributed by atoms with Crippen molar-refractivity contribution < 1.29 is 8.42 Å². The van der Waals surface area contributed by atoms with Gasteiger partial charge >= 0.3 is 0 Å². The van der Waals surface area contributed by atoms with Crippen LogP contribution in [-0.2, 0) is 9.84 Å². The van der Waals surface area contributed by atoms with E-state index in [0.717, 1.165) is 13.0 Å². The summed E-state index contributed by atoms with van der Waals surface area (Å²) in [5.41, 5.74) is 0. The fraction of sp³-hybridized carbons (Fsp3) is 1.00. The predicted octanol–water partition coefficient (Wildman–Crippen LogP) is 1.66. The zero-order valence-electron chi connectivity index (χ0n) is 9.79. The maximum Gasteiger partial charge on any atom is 0.147 e. The van der Waals surface area contributed by atoms with Crippen molar-refractivity contribution >= 4 is 21.4 Å². The molecular formula is C10H22ClNO2S. The van der Waals surface area contributed by atoms with Gasteiger partial charge in [-0.25, -0.2) is 8.42 Å². The number of sulfone groups is 1. The second-order valence-electron chi connectivity index (χ2n) is 4.27. The Labute approximate surface area is 98.5 Å². The van der Waals surface area contributed by atoms with E-state index in [4.69, 9.17) is 11.6 Å². The number of rotatable bonds is 8. The molecule has 0 rings (SSSR count). The van der Waals surface area contributed by atoms with Gasteiger partial charge in [0.2, 0.25) is 0 Å². The summed E-state index contributed by atoms with van der Waals surface area (Å²) in [6.45, 7) is 5.02. The number of halogens is 1. The molecule has 0 radical (unpaired) electrons. The number of hydrogen-bond donors (Lipinski definition) is 1. The van der Waals surface area contributed by atoms with E-state index in [2.05, 4.69) is 19.2 Å². The molecule has 5 heteroatoms. The van der Waals surface area contributed by atoms with Crippen LogP contribution in [0.1, 0.15) is 26.7 Å². The van der Waals surface area contributed by atoms with Gasteiger partial charge in [0.25, 0.3) is 0 Å². The molecule has 3 nitrogen and oxygen atoms in total. The Morgan fingerprint density at radius 3 is 2.33 bits per heavy atom. The summed E-state index contributed by atoms with van der Waals surface area (Å²) in [6.07, 6.45) is 2.87. The van der Waals surface area contributed by atoms with Crippen molar-refractivity contribution in [2.24, 2.45) is 5.92 Å². The number of hydrogen-bond acceptors (Lipinski definition) is 3. The lowest BCUT2D eigenvalue weighted by Gasteiger charge is -2.21. The van der Waals surface area contributed by atoms with E-state index in [9.17, 15) is 8.42 Å². The van der Waals surface area contributed by atoms with Crippen LogP contribution >= 0.6 is 11.6 Å². The molecule has 1 unspecified atom stereocenters. The molecule has 0 aliphatic rings. The Hall–Kier alpha value is 0.200. The maximum absolute atomic E-state index is 10.9. The van der Waals surface area contributed by atoms with Crippen molar-refractivity contribution in [3.05, 3.63) is 0 Å². The average molecular weight is 256 g/mol. The molecule has 15 heavy (non-hydrogen) atoms. The third kappa shape index (κ3) is 9.15. The predicted molar refractivity (Wildman–Crippen MR) is 66.3 cm³/mol. The lowest BCUT2D eigenvalue weighted by atomic mass is 10.0. The Kier molecular flexibility index (Phi) is 7.57. The minimum absolute atomic E-state index is 0.256. The molecular weight excluding hydrogens is 234 g/mol. The van der Waals surface area contributed by atoms with E-state index in [1.807, 2.05) is 0 Å². The Balaban J connectivity index is 3.72. The second kappa shape index (κ2) is 7.47. The molecule has 0 heterocycles. The van der Waals surface area contributed by atoms with Crippen LogP contribution in [0.5, 0.6) is 0 Å². The third-order valence-corrected chi connectivity index (χ3v) is 3.57. The summed E-state index contributed by atoms with van der Waals surface area (Å²) in [7, 11) is -2.82. The molecule has 0 fully saturated rings. The van der Waals surface area contributed by atoms with Crippen molar-refractivity contribution in [2.75, 3.05) is 24.4 Å². The van der Waals surface area contributed by atoms with E-state index in [1.54, 1.807) is 0 Å². The van der Waals surface area contributed by atoms with Crippen molar-refractivity contribution in [1.29, 1.82) is 0 Å². The Morgan fingerprint density at radius 2 is 1.93 bits per heavy atom. The van der Waals surface area contributed by atoms with Gasteiger partial charge in [-0.2, -0.15) is 0 Å². The Morgan fingerprint density at radius 1 is 1.33 bits per heavy atom. The fourth-order valence-corrected chi connectivity index (χ4v) is 2.31. The second-order valence-corrected chi connectivity index (χ2v) is 6.90. The van der Waals surface area contributed by atoms with Gasteiger partial charge in [0.1, 0.15) is 9.84 Å². The normalized spacial score (nSPS) is 14.5. The first-order valence-corrected chi connectivity index (χ1v) is 7.93. The van der Waals surface area contributed by atoms with Gasteiger partial charge < -0.3 is 5.32 Å². The molecule has 1 atom stereocenters. The quantitative estimate of drug-likeness (QED) is 0.530. The average Bonchev–Trinajstić information content (AvgIpc) is 2.08. The highest BCUT2D eigenvalue weighted by Gasteiger charge is 2.11. The van der Waals surface area contributed by atoms with Gasteiger partial charge in [0.05, 0.1) is 5.75 Å². The van der Waals surface area contributed by atoms with Crippen LogP contribution in [0.3, 0.4) is 0 Å². The molecule has 0 bridgehead atoms. The van der Waals surface area contributed by atoms with Crippen LogP contribution in [0.15, 0.2) is 0 Å². The van der Waals surface area contributed by atoms with E-state index in [1.165, 1.54) is 6.26 Å². The standard InChI is InChI=1S/C10H22ClNO2S/c1-9(2)10(5-6-11)12-7-4-8-15(3,13)14/h9-10,12H,4-8H2,1-3H3. The smallest absolute Gasteiger partial charge is 0.147 e. The van der Waals surface area contributed by atoms with Crippen molar-refractivity contribution in [1.82, 2.24) is 5.32 Å². The summed E-state index contributed by atoms with van der Waals surface area (Å²) in [5.74, 6) is 1.43. The van der Waals surface area contributed by atoms with Gasteiger partial charge in [-0.05, 0) is 25.3 Å². The van der Waals surface area contributed by atoms with Crippen LogP contribution in [0.25, 0.3) is 0 Å². The highest BCUT2D eigenvalue weighted by molar-refractivity contribution is 7.90. The highest BCUT2D eigenvalue weighted by Crippen LogP contribution is 2.06. The molecule has 0 aliphatic carbocycles. The fourth-order valence-electron chi connectivity index (χ4n) is 1.41. The molecule has 0 aromatic heterocycles. The number of alkyl halides is 1. The first kappa shape index (κ1) is 15.2. The molecule has 0 spiro atoms. The van der Waals surface area contributed by atoms with Crippen molar-refractivity contribution in [3.63, 3.8) is 0 Å². The third-order valence-electron chi connectivity index (χ3n) is 2.32. The van der Waals surface area contributed by atoms with Crippen LogP contribution in [0.4, 0.5) is 0 Å². The molecule has 0 saturated heterocycles. The first-order chi connectivity index (χ1) is 6.87. The maximum atomic E-state index is 10.9. The highest BCUT2D eigenvalue weighted by atomic mass is 35.5. The first-order valence-electron chi connectivity index (χ1n) is 5.34. The molecule has 0 amide bonds. The Bertz CT molecular complexity index is 252. The van der Waals surface area contributed by atoms with Crippen LogP contribution < -0.4 is 5.32 Å². The molecule has 0 aliphatic heterocycles. The number of nitrogens with one attached hydrogen (secondary N) is 1. The zero-order chi connectivity index (χ0) is 11.9. The summed E-state index contributed by atoms with van der Waals surface area (Å²) >= 11 is 5.69. The molecule has 1 N–H and O–H groups in total. The zero-order valence-corrected chi connectivity index (χ0v) is 11.4. The molecule has 92 valence electrons. The molecule has 0 aromatic carbocycles. The largest absolute Gasteiger partial charge is 0.314 e. The van der Waals surface area contributed by atoms with Crippen molar-refractivity contribution in [2.45, 2.75) is 32.7 Å².